The average Bonchev–Trinajstić information content (AvgIpc) is 2.58. The SMILES string of the molecule is CC.CC.CS(=O)C(C)(C)c1cc(Cl)nc(N2CCOCC2)c1. The maximum atomic E-state index is 11.9. The molecule has 1 aromatic rings. The van der Waals surface area contributed by atoms with Gasteiger partial charge in [0, 0.05) is 30.1 Å². The predicted octanol–water partition coefficient (Wildman–Crippen LogP) is 4.24. The lowest BCUT2D eigenvalue weighted by Gasteiger charge is -2.30. The number of hydrogen-bond donors (Lipinski definition) is 0. The molecule has 1 aliphatic rings. The van der Waals surface area contributed by atoms with Crippen molar-refractivity contribution in [2.75, 3.05) is 37.5 Å². The normalized spacial score (nSPS) is 15.7. The third kappa shape index (κ3) is 6.40. The summed E-state index contributed by atoms with van der Waals surface area (Å²) in [6.07, 6.45) is 1.71. The lowest BCUT2D eigenvalue weighted by Crippen LogP contribution is -2.37. The van der Waals surface area contributed by atoms with Gasteiger partial charge in [0.2, 0.25) is 0 Å². The fourth-order valence-corrected chi connectivity index (χ4v) is 2.60. The average molecular weight is 363 g/mol. The number of aromatic nitrogens is 1. The minimum atomic E-state index is -0.978. The number of halogens is 1. The highest BCUT2D eigenvalue weighted by molar-refractivity contribution is 7.85. The Balaban J connectivity index is 0.00000112. The first-order valence-corrected chi connectivity index (χ1v) is 10.2. The molecule has 1 fully saturated rings. The van der Waals surface area contributed by atoms with Gasteiger partial charge in [0.05, 0.1) is 18.0 Å². The molecule has 4 nitrogen and oxygen atoms in total. The largest absolute Gasteiger partial charge is 0.378 e. The zero-order chi connectivity index (χ0) is 18.0. The standard InChI is InChI=1S/C13H19ClN2O2S.2C2H6/c1-13(2,19(3)17)10-8-11(14)15-12(9-10)16-4-6-18-7-5-16;2*1-2/h8-9H,4-7H2,1-3H3;2*1-2H3. The molecular formula is C17H31ClN2O2S. The van der Waals surface area contributed by atoms with E-state index in [-0.39, 0.29) is 0 Å². The second kappa shape index (κ2) is 11.0. The zero-order valence-electron chi connectivity index (χ0n) is 15.5. The summed E-state index contributed by atoms with van der Waals surface area (Å²) in [5, 5.41) is 0.442. The third-order valence-electron chi connectivity index (χ3n) is 3.53. The Labute approximate surface area is 149 Å². The van der Waals surface area contributed by atoms with E-state index >= 15 is 0 Å². The van der Waals surface area contributed by atoms with E-state index in [1.807, 2.05) is 47.6 Å². The van der Waals surface area contributed by atoms with Gasteiger partial charge in [0.1, 0.15) is 11.0 Å². The number of ether oxygens (including phenoxy) is 1. The van der Waals surface area contributed by atoms with E-state index in [1.165, 1.54) is 0 Å². The Hall–Kier alpha value is -0.650. The van der Waals surface area contributed by atoms with Crippen molar-refractivity contribution in [3.05, 3.63) is 22.8 Å². The topological polar surface area (TPSA) is 42.4 Å². The molecule has 2 heterocycles. The summed E-state index contributed by atoms with van der Waals surface area (Å²) in [5.41, 5.74) is 0.954. The smallest absolute Gasteiger partial charge is 0.131 e. The number of anilines is 1. The van der Waals surface area contributed by atoms with Gasteiger partial charge in [-0.2, -0.15) is 0 Å². The Morgan fingerprint density at radius 1 is 1.17 bits per heavy atom. The maximum absolute atomic E-state index is 11.9. The van der Waals surface area contributed by atoms with Crippen LogP contribution in [0.3, 0.4) is 0 Å². The van der Waals surface area contributed by atoms with Gasteiger partial charge in [-0.15, -0.1) is 0 Å². The van der Waals surface area contributed by atoms with Gasteiger partial charge >= 0.3 is 0 Å². The number of rotatable bonds is 3. The first-order chi connectivity index (χ1) is 10.9. The van der Waals surface area contributed by atoms with E-state index in [1.54, 1.807) is 12.3 Å². The summed E-state index contributed by atoms with van der Waals surface area (Å²) in [6, 6.07) is 3.78. The fourth-order valence-electron chi connectivity index (χ4n) is 1.95. The van der Waals surface area contributed by atoms with Crippen molar-refractivity contribution >= 4 is 28.2 Å². The molecule has 134 valence electrons. The monoisotopic (exact) mass is 362 g/mol. The number of morpholine rings is 1. The fraction of sp³-hybridized carbons (Fsp3) is 0.706. The van der Waals surface area contributed by atoms with Gasteiger partial charge in [-0.25, -0.2) is 4.98 Å². The molecule has 23 heavy (non-hydrogen) atoms. The first kappa shape index (κ1) is 22.4. The van der Waals surface area contributed by atoms with Gasteiger partial charge in [-0.05, 0) is 31.5 Å². The van der Waals surface area contributed by atoms with Crippen molar-refractivity contribution in [1.29, 1.82) is 0 Å². The van der Waals surface area contributed by atoms with Crippen molar-refractivity contribution in [3.63, 3.8) is 0 Å². The summed E-state index contributed by atoms with van der Waals surface area (Å²) in [5.74, 6) is 0.837. The Bertz CT molecular complexity index is 489. The molecule has 0 N–H and O–H groups in total. The Kier molecular flexibility index (Phi) is 10.7. The molecule has 1 atom stereocenters. The second-order valence-electron chi connectivity index (χ2n) is 5.10. The van der Waals surface area contributed by atoms with Crippen LogP contribution in [0.1, 0.15) is 47.1 Å². The molecule has 1 aromatic heterocycles. The van der Waals surface area contributed by atoms with E-state index in [4.69, 9.17) is 16.3 Å². The van der Waals surface area contributed by atoms with E-state index < -0.39 is 15.5 Å². The van der Waals surface area contributed by atoms with Crippen LogP contribution < -0.4 is 4.90 Å². The predicted molar refractivity (Wildman–Crippen MR) is 102 cm³/mol. The van der Waals surface area contributed by atoms with Crippen LogP contribution in [-0.4, -0.2) is 41.8 Å². The molecule has 0 saturated carbocycles. The molecule has 0 amide bonds. The molecule has 0 aromatic carbocycles. The summed E-state index contributed by atoms with van der Waals surface area (Å²) < 4.78 is 16.8. The van der Waals surface area contributed by atoms with Crippen LogP contribution in [0.25, 0.3) is 0 Å². The molecule has 0 radical (unpaired) electrons. The van der Waals surface area contributed by atoms with Crippen LogP contribution in [0, 0.1) is 0 Å². The van der Waals surface area contributed by atoms with Crippen molar-refractivity contribution < 1.29 is 8.95 Å². The van der Waals surface area contributed by atoms with Gasteiger partial charge in [0.25, 0.3) is 0 Å². The van der Waals surface area contributed by atoms with Gasteiger partial charge < -0.3 is 9.64 Å². The van der Waals surface area contributed by atoms with Crippen LogP contribution >= 0.6 is 11.6 Å². The molecule has 6 heteroatoms. The van der Waals surface area contributed by atoms with E-state index in [0.717, 1.165) is 24.5 Å². The quantitative estimate of drug-likeness (QED) is 0.754. The van der Waals surface area contributed by atoms with Crippen molar-refractivity contribution in [3.8, 4) is 0 Å². The summed E-state index contributed by atoms with van der Waals surface area (Å²) in [7, 11) is -0.978. The van der Waals surface area contributed by atoms with Crippen LogP contribution in [0.5, 0.6) is 0 Å². The van der Waals surface area contributed by atoms with E-state index in [2.05, 4.69) is 9.88 Å². The minimum absolute atomic E-state index is 0.437. The van der Waals surface area contributed by atoms with Crippen molar-refractivity contribution in [2.24, 2.45) is 0 Å². The Morgan fingerprint density at radius 3 is 2.17 bits per heavy atom. The highest BCUT2D eigenvalue weighted by atomic mass is 35.5. The maximum Gasteiger partial charge on any atom is 0.131 e. The highest BCUT2D eigenvalue weighted by Gasteiger charge is 2.27. The second-order valence-corrected chi connectivity index (χ2v) is 7.42. The number of hydrogen-bond acceptors (Lipinski definition) is 4. The lowest BCUT2D eigenvalue weighted by molar-refractivity contribution is 0.122. The summed E-state index contributed by atoms with van der Waals surface area (Å²) >= 11 is 6.11. The van der Waals surface area contributed by atoms with Crippen molar-refractivity contribution in [1.82, 2.24) is 4.98 Å². The van der Waals surface area contributed by atoms with Gasteiger partial charge in [-0.3, -0.25) is 4.21 Å². The van der Waals surface area contributed by atoms with Gasteiger partial charge in [-0.1, -0.05) is 39.3 Å². The van der Waals surface area contributed by atoms with E-state index in [0.29, 0.717) is 18.4 Å². The molecule has 0 bridgehead atoms. The van der Waals surface area contributed by atoms with Crippen LogP contribution in [0.2, 0.25) is 5.15 Å². The van der Waals surface area contributed by atoms with Gasteiger partial charge in [0.15, 0.2) is 0 Å². The van der Waals surface area contributed by atoms with E-state index in [9.17, 15) is 4.21 Å². The zero-order valence-corrected chi connectivity index (χ0v) is 17.1. The molecule has 0 spiro atoms. The first-order valence-electron chi connectivity index (χ1n) is 8.25. The molecule has 2 rings (SSSR count). The third-order valence-corrected chi connectivity index (χ3v) is 5.40. The molecule has 1 unspecified atom stereocenters. The van der Waals surface area contributed by atoms with Crippen LogP contribution in [0.4, 0.5) is 5.82 Å². The summed E-state index contributed by atoms with van der Waals surface area (Å²) in [4.78, 5) is 6.51. The van der Waals surface area contributed by atoms with Crippen molar-refractivity contribution in [2.45, 2.75) is 46.3 Å². The van der Waals surface area contributed by atoms with Crippen LogP contribution in [-0.2, 0) is 20.3 Å². The lowest BCUT2D eigenvalue weighted by atomic mass is 10.0. The summed E-state index contributed by atoms with van der Waals surface area (Å²) in [6.45, 7) is 14.9. The highest BCUT2D eigenvalue weighted by Crippen LogP contribution is 2.30. The molecule has 1 aliphatic heterocycles. The molecule has 0 aliphatic carbocycles. The molecule has 1 saturated heterocycles. The number of pyridine rings is 1. The number of nitrogens with zero attached hydrogens (tertiary/aromatic N) is 2. The van der Waals surface area contributed by atoms with Crippen LogP contribution in [0.15, 0.2) is 12.1 Å². The Morgan fingerprint density at radius 2 is 1.70 bits per heavy atom. The molecular weight excluding hydrogens is 332 g/mol. The minimum Gasteiger partial charge on any atom is -0.378 e.